The van der Waals surface area contributed by atoms with Crippen molar-refractivity contribution in [2.24, 2.45) is 7.05 Å². The van der Waals surface area contributed by atoms with Crippen molar-refractivity contribution < 1.29 is 22.4 Å². The molecule has 0 atom stereocenters. The maximum absolute atomic E-state index is 12.7. The smallest absolute Gasteiger partial charge is 0.292 e. The lowest BCUT2D eigenvalue weighted by Gasteiger charge is -2.13. The quantitative estimate of drug-likeness (QED) is 0.789. The van der Waals surface area contributed by atoms with E-state index in [1.165, 1.54) is 18.7 Å². The zero-order chi connectivity index (χ0) is 13.4. The van der Waals surface area contributed by atoms with Gasteiger partial charge in [-0.25, -0.2) is 8.78 Å². The van der Waals surface area contributed by atoms with Crippen molar-refractivity contribution in [2.75, 3.05) is 0 Å². The molecule has 3 nitrogen and oxygen atoms in total. The molecule has 0 unspecified atom stereocenters. The average Bonchev–Trinajstić information content (AvgIpc) is 2.44. The van der Waals surface area contributed by atoms with E-state index in [1.54, 1.807) is 0 Å². The fraction of sp³-hybridized carbons (Fsp3) is 0.556. The van der Waals surface area contributed by atoms with Gasteiger partial charge in [-0.1, -0.05) is 11.6 Å². The lowest BCUT2D eigenvalue weighted by molar-refractivity contribution is -0.166. The monoisotopic (exact) mass is 272 g/mol. The summed E-state index contributed by atoms with van der Waals surface area (Å²) in [4.78, 5) is 11.1. The van der Waals surface area contributed by atoms with E-state index in [-0.39, 0.29) is 16.4 Å². The first-order chi connectivity index (χ1) is 7.67. The zero-order valence-corrected chi connectivity index (χ0v) is 9.73. The summed E-state index contributed by atoms with van der Waals surface area (Å²) in [5, 5.41) is 3.78. The Morgan fingerprint density at radius 2 is 2.06 bits per heavy atom. The van der Waals surface area contributed by atoms with Gasteiger partial charge in [-0.15, -0.1) is 0 Å². The summed E-state index contributed by atoms with van der Waals surface area (Å²) in [6, 6.07) is 0. The molecule has 0 amide bonds. The Morgan fingerprint density at radius 3 is 2.41 bits per heavy atom. The third-order valence-electron chi connectivity index (χ3n) is 2.25. The molecule has 0 saturated carbocycles. The van der Waals surface area contributed by atoms with Gasteiger partial charge >= 0.3 is 12.3 Å². The third kappa shape index (κ3) is 2.59. The van der Waals surface area contributed by atoms with E-state index in [0.717, 1.165) is 0 Å². The van der Waals surface area contributed by atoms with E-state index in [0.29, 0.717) is 0 Å². The average molecular weight is 273 g/mol. The molecule has 8 heteroatoms. The fourth-order valence-electron chi connectivity index (χ4n) is 1.27. The first kappa shape index (κ1) is 14.0. The molecular formula is C9H9ClF4N2O. The molecule has 1 aromatic heterocycles. The summed E-state index contributed by atoms with van der Waals surface area (Å²) in [6.07, 6.45) is -4.89. The van der Waals surface area contributed by atoms with Crippen molar-refractivity contribution in [1.82, 2.24) is 9.78 Å². The second-order valence-electron chi connectivity index (χ2n) is 3.50. The number of rotatable bonds is 4. The standard InChI is InChI=1S/C9H9ClF4N2O/c1-4-5(7(10)16(2)15-4)3-6(17)9(13,14)8(11)12/h8H,3H2,1-2H3. The van der Waals surface area contributed by atoms with Crippen LogP contribution in [0.3, 0.4) is 0 Å². The van der Waals surface area contributed by atoms with E-state index < -0.39 is 24.6 Å². The highest BCUT2D eigenvalue weighted by molar-refractivity contribution is 6.30. The van der Waals surface area contributed by atoms with Gasteiger partial charge in [0.05, 0.1) is 5.69 Å². The second kappa shape index (κ2) is 4.64. The van der Waals surface area contributed by atoms with Crippen molar-refractivity contribution in [2.45, 2.75) is 25.7 Å². The number of aryl methyl sites for hydroxylation is 2. The molecule has 1 heterocycles. The van der Waals surface area contributed by atoms with Crippen LogP contribution < -0.4 is 0 Å². The van der Waals surface area contributed by atoms with Gasteiger partial charge in [-0.3, -0.25) is 9.48 Å². The van der Waals surface area contributed by atoms with E-state index >= 15 is 0 Å². The minimum absolute atomic E-state index is 0.0130. The number of ketones is 1. The van der Waals surface area contributed by atoms with Crippen LogP contribution in [0.4, 0.5) is 17.6 Å². The topological polar surface area (TPSA) is 34.9 Å². The van der Waals surface area contributed by atoms with Gasteiger partial charge < -0.3 is 0 Å². The van der Waals surface area contributed by atoms with Crippen molar-refractivity contribution in [3.8, 4) is 0 Å². The first-order valence-corrected chi connectivity index (χ1v) is 4.93. The molecule has 0 saturated heterocycles. The van der Waals surface area contributed by atoms with Crippen LogP contribution >= 0.6 is 11.6 Å². The van der Waals surface area contributed by atoms with Crippen LogP contribution in [0.5, 0.6) is 0 Å². The Hall–Kier alpha value is -1.11. The summed E-state index contributed by atoms with van der Waals surface area (Å²) < 4.78 is 50.5. The van der Waals surface area contributed by atoms with Gasteiger partial charge in [0.15, 0.2) is 0 Å². The number of carbonyl (C=O) groups is 1. The molecule has 0 fully saturated rings. The van der Waals surface area contributed by atoms with Crippen LogP contribution in [-0.2, 0) is 18.3 Å². The van der Waals surface area contributed by atoms with Crippen LogP contribution in [0.1, 0.15) is 11.3 Å². The summed E-state index contributed by atoms with van der Waals surface area (Å²) >= 11 is 5.70. The number of carbonyl (C=O) groups excluding carboxylic acids is 1. The Kier molecular flexibility index (Phi) is 3.81. The highest BCUT2D eigenvalue weighted by Gasteiger charge is 2.48. The second-order valence-corrected chi connectivity index (χ2v) is 3.86. The lowest BCUT2D eigenvalue weighted by Crippen LogP contribution is -2.37. The molecule has 1 aromatic rings. The molecule has 1 rings (SSSR count). The van der Waals surface area contributed by atoms with Crippen LogP contribution in [0, 0.1) is 6.92 Å². The van der Waals surface area contributed by atoms with Gasteiger partial charge in [0.1, 0.15) is 5.15 Å². The Labute approximate surface area is 99.4 Å². The van der Waals surface area contributed by atoms with Gasteiger partial charge in [0.2, 0.25) is 5.78 Å². The summed E-state index contributed by atoms with van der Waals surface area (Å²) in [7, 11) is 1.45. The van der Waals surface area contributed by atoms with E-state index in [4.69, 9.17) is 11.6 Å². The Bertz CT molecular complexity index is 444. The molecule has 0 spiro atoms. The number of hydrogen-bond donors (Lipinski definition) is 0. The minimum Gasteiger partial charge on any atom is -0.292 e. The summed E-state index contributed by atoms with van der Waals surface area (Å²) in [5.41, 5.74) is 0.301. The number of alkyl halides is 4. The van der Waals surface area contributed by atoms with Crippen molar-refractivity contribution >= 4 is 17.4 Å². The molecule has 0 aliphatic heterocycles. The number of hydrogen-bond acceptors (Lipinski definition) is 2. The van der Waals surface area contributed by atoms with Crippen molar-refractivity contribution in [1.29, 1.82) is 0 Å². The molecule has 96 valence electrons. The van der Waals surface area contributed by atoms with Crippen molar-refractivity contribution in [3.63, 3.8) is 0 Å². The minimum atomic E-state index is -4.66. The molecule has 0 aromatic carbocycles. The highest BCUT2D eigenvalue weighted by atomic mass is 35.5. The molecule has 0 aliphatic carbocycles. The van der Waals surface area contributed by atoms with Crippen LogP contribution in [-0.4, -0.2) is 27.9 Å². The Balaban J connectivity index is 2.96. The predicted molar refractivity (Wildman–Crippen MR) is 52.6 cm³/mol. The van der Waals surface area contributed by atoms with Crippen molar-refractivity contribution in [3.05, 3.63) is 16.4 Å². The van der Waals surface area contributed by atoms with E-state index in [2.05, 4.69) is 5.10 Å². The summed E-state index contributed by atoms with van der Waals surface area (Å²) in [5.74, 6) is -6.53. The van der Waals surface area contributed by atoms with Crippen LogP contribution in [0.2, 0.25) is 5.15 Å². The molecule has 0 bridgehead atoms. The van der Waals surface area contributed by atoms with Gasteiger partial charge in [0.25, 0.3) is 0 Å². The molecular weight excluding hydrogens is 264 g/mol. The number of nitrogens with zero attached hydrogens (tertiary/aromatic N) is 2. The van der Waals surface area contributed by atoms with Gasteiger partial charge in [-0.2, -0.15) is 13.9 Å². The number of aromatic nitrogens is 2. The van der Waals surface area contributed by atoms with E-state index in [9.17, 15) is 22.4 Å². The third-order valence-corrected chi connectivity index (χ3v) is 2.73. The number of halogens is 5. The normalized spacial score (nSPS) is 12.2. The maximum atomic E-state index is 12.7. The van der Waals surface area contributed by atoms with Gasteiger partial charge in [-0.05, 0) is 6.92 Å². The SMILES string of the molecule is Cc1nn(C)c(Cl)c1CC(=O)C(F)(F)C(F)F. The molecule has 0 radical (unpaired) electrons. The zero-order valence-electron chi connectivity index (χ0n) is 8.98. The van der Waals surface area contributed by atoms with E-state index in [1.807, 2.05) is 0 Å². The van der Waals surface area contributed by atoms with Gasteiger partial charge in [0, 0.05) is 19.0 Å². The summed E-state index contributed by atoms with van der Waals surface area (Å²) in [6.45, 7) is 1.45. The molecule has 0 N–H and O–H groups in total. The Morgan fingerprint density at radius 1 is 1.53 bits per heavy atom. The number of Topliss-reactive ketones (excluding diaryl/α,β-unsaturated/α-hetero) is 1. The molecule has 17 heavy (non-hydrogen) atoms. The predicted octanol–water partition coefficient (Wildman–Crippen LogP) is 2.39. The highest BCUT2D eigenvalue weighted by Crippen LogP contribution is 2.28. The maximum Gasteiger partial charge on any atom is 0.364 e. The van der Waals surface area contributed by atoms with Crippen LogP contribution in [0.25, 0.3) is 0 Å². The van der Waals surface area contributed by atoms with Crippen LogP contribution in [0.15, 0.2) is 0 Å². The molecule has 0 aliphatic rings. The first-order valence-electron chi connectivity index (χ1n) is 4.55. The fourth-order valence-corrected chi connectivity index (χ4v) is 1.52. The lowest BCUT2D eigenvalue weighted by atomic mass is 10.1. The largest absolute Gasteiger partial charge is 0.364 e.